The fourth-order valence-corrected chi connectivity index (χ4v) is 3.04. The molecular formula is C19H11BrF6N2. The summed E-state index contributed by atoms with van der Waals surface area (Å²) in [5, 5.41) is 0. The van der Waals surface area contributed by atoms with Gasteiger partial charge < -0.3 is 0 Å². The van der Waals surface area contributed by atoms with E-state index in [2.05, 4.69) is 25.9 Å². The zero-order valence-electron chi connectivity index (χ0n) is 14.2. The van der Waals surface area contributed by atoms with Gasteiger partial charge in [-0.3, -0.25) is 0 Å². The number of alkyl halides is 6. The van der Waals surface area contributed by atoms with Crippen molar-refractivity contribution in [2.75, 3.05) is 0 Å². The highest BCUT2D eigenvalue weighted by Gasteiger charge is 2.35. The molecule has 1 heterocycles. The molecule has 3 rings (SSSR count). The van der Waals surface area contributed by atoms with Crippen molar-refractivity contribution < 1.29 is 26.3 Å². The number of benzene rings is 2. The molecule has 0 fully saturated rings. The predicted octanol–water partition coefficient (Wildman–Crippen LogP) is 6.92. The minimum absolute atomic E-state index is 0.110. The number of aryl methyl sites for hydroxylation is 1. The van der Waals surface area contributed by atoms with Gasteiger partial charge in [0.1, 0.15) is 5.69 Å². The highest BCUT2D eigenvalue weighted by Crippen LogP contribution is 2.36. The van der Waals surface area contributed by atoms with E-state index in [-0.39, 0.29) is 22.6 Å². The average Bonchev–Trinajstić information content (AvgIpc) is 2.59. The molecule has 0 N–H and O–H groups in total. The summed E-state index contributed by atoms with van der Waals surface area (Å²) in [5.74, 6) is -0.177. The van der Waals surface area contributed by atoms with Crippen molar-refractivity contribution in [3.63, 3.8) is 0 Å². The molecule has 0 spiro atoms. The Morgan fingerprint density at radius 2 is 1.50 bits per heavy atom. The van der Waals surface area contributed by atoms with Crippen molar-refractivity contribution in [3.8, 4) is 22.6 Å². The summed E-state index contributed by atoms with van der Waals surface area (Å²) >= 11 is 3.23. The van der Waals surface area contributed by atoms with Gasteiger partial charge in [0.25, 0.3) is 0 Å². The molecule has 28 heavy (non-hydrogen) atoms. The van der Waals surface area contributed by atoms with Crippen LogP contribution in [0.5, 0.6) is 0 Å². The van der Waals surface area contributed by atoms with Gasteiger partial charge in [0.15, 0.2) is 5.82 Å². The van der Waals surface area contributed by atoms with Gasteiger partial charge in [0.05, 0.1) is 11.3 Å². The topological polar surface area (TPSA) is 25.8 Å². The van der Waals surface area contributed by atoms with Crippen molar-refractivity contribution in [1.82, 2.24) is 9.97 Å². The van der Waals surface area contributed by atoms with Gasteiger partial charge in [-0.25, -0.2) is 9.97 Å². The maximum atomic E-state index is 13.3. The molecular weight excluding hydrogens is 450 g/mol. The summed E-state index contributed by atoms with van der Waals surface area (Å²) < 4.78 is 79.4. The molecule has 0 saturated carbocycles. The van der Waals surface area contributed by atoms with E-state index >= 15 is 0 Å². The molecule has 0 atom stereocenters. The fourth-order valence-electron chi connectivity index (χ4n) is 2.64. The Labute approximate surface area is 164 Å². The third-order valence-electron chi connectivity index (χ3n) is 3.93. The van der Waals surface area contributed by atoms with Crippen molar-refractivity contribution in [1.29, 1.82) is 0 Å². The maximum Gasteiger partial charge on any atom is 0.433 e. The molecule has 0 saturated heterocycles. The number of rotatable bonds is 2. The highest BCUT2D eigenvalue weighted by molar-refractivity contribution is 9.10. The van der Waals surface area contributed by atoms with Gasteiger partial charge >= 0.3 is 12.4 Å². The summed E-state index contributed by atoms with van der Waals surface area (Å²) in [6, 6.07) is 10.2. The normalized spacial score (nSPS) is 12.3. The van der Waals surface area contributed by atoms with Gasteiger partial charge in [0.2, 0.25) is 0 Å². The van der Waals surface area contributed by atoms with E-state index in [1.54, 1.807) is 24.3 Å². The van der Waals surface area contributed by atoms with Crippen LogP contribution in [0.15, 0.2) is 53.0 Å². The zero-order valence-corrected chi connectivity index (χ0v) is 15.7. The first-order valence-corrected chi connectivity index (χ1v) is 8.65. The van der Waals surface area contributed by atoms with Gasteiger partial charge in [-0.2, -0.15) is 26.3 Å². The van der Waals surface area contributed by atoms with E-state index in [1.807, 2.05) is 0 Å². The first-order chi connectivity index (χ1) is 12.9. The monoisotopic (exact) mass is 460 g/mol. The molecule has 1 aromatic heterocycles. The Hall–Kier alpha value is -2.42. The number of nitrogens with zero attached hydrogens (tertiary/aromatic N) is 2. The second-order valence-electron chi connectivity index (χ2n) is 6.00. The molecule has 146 valence electrons. The lowest BCUT2D eigenvalue weighted by Gasteiger charge is -2.14. The van der Waals surface area contributed by atoms with Crippen LogP contribution in [-0.4, -0.2) is 9.97 Å². The van der Waals surface area contributed by atoms with Crippen molar-refractivity contribution in [2.45, 2.75) is 19.3 Å². The molecule has 0 aliphatic carbocycles. The number of halogens is 7. The van der Waals surface area contributed by atoms with E-state index in [0.717, 1.165) is 24.3 Å². The van der Waals surface area contributed by atoms with E-state index in [1.165, 1.54) is 6.92 Å². The van der Waals surface area contributed by atoms with E-state index in [0.29, 0.717) is 10.0 Å². The summed E-state index contributed by atoms with van der Waals surface area (Å²) in [7, 11) is 0. The van der Waals surface area contributed by atoms with Gasteiger partial charge in [-0.05, 0) is 42.8 Å². The smallest absolute Gasteiger partial charge is 0.228 e. The van der Waals surface area contributed by atoms with Crippen molar-refractivity contribution >= 4 is 15.9 Å². The Morgan fingerprint density at radius 3 is 2.07 bits per heavy atom. The molecule has 2 nitrogen and oxygen atoms in total. The number of hydrogen-bond donors (Lipinski definition) is 0. The number of aromatic nitrogens is 2. The molecule has 0 radical (unpaired) electrons. The van der Waals surface area contributed by atoms with Crippen LogP contribution in [-0.2, 0) is 12.4 Å². The molecule has 0 bridgehead atoms. The molecule has 0 amide bonds. The fraction of sp³-hybridized carbons (Fsp3) is 0.158. The van der Waals surface area contributed by atoms with Crippen LogP contribution in [0.2, 0.25) is 0 Å². The lowest BCUT2D eigenvalue weighted by atomic mass is 10.0. The molecule has 0 unspecified atom stereocenters. The minimum atomic E-state index is -4.74. The second-order valence-corrected chi connectivity index (χ2v) is 6.91. The molecule has 9 heteroatoms. The molecule has 0 aliphatic rings. The van der Waals surface area contributed by atoms with Crippen LogP contribution in [0.3, 0.4) is 0 Å². The average molecular weight is 461 g/mol. The third-order valence-corrected chi connectivity index (χ3v) is 4.42. The minimum Gasteiger partial charge on any atom is -0.228 e. The first kappa shape index (κ1) is 20.3. The highest BCUT2D eigenvalue weighted by atomic mass is 79.9. The lowest BCUT2D eigenvalue weighted by Crippen LogP contribution is -2.11. The van der Waals surface area contributed by atoms with E-state index in [9.17, 15) is 26.3 Å². The van der Waals surface area contributed by atoms with Crippen LogP contribution < -0.4 is 0 Å². The summed E-state index contributed by atoms with van der Waals surface area (Å²) in [4.78, 5) is 7.73. The maximum absolute atomic E-state index is 13.3. The zero-order chi connectivity index (χ0) is 20.7. The Bertz CT molecular complexity index is 1030. The van der Waals surface area contributed by atoms with Gasteiger partial charge in [-0.15, -0.1) is 0 Å². The molecule has 3 aromatic rings. The predicted molar refractivity (Wildman–Crippen MR) is 95.3 cm³/mol. The molecule has 0 aliphatic heterocycles. The standard InChI is InChI=1S/C19H11BrF6N2/c1-10-7-11(5-6-14(10)18(21,22)23)15-9-16(19(24,25)26)28-17(27-15)12-3-2-4-13(20)8-12/h2-9H,1H3. The Kier molecular flexibility index (Phi) is 5.22. The third kappa shape index (κ3) is 4.35. The first-order valence-electron chi connectivity index (χ1n) is 7.85. The van der Waals surface area contributed by atoms with E-state index in [4.69, 9.17) is 0 Å². The lowest BCUT2D eigenvalue weighted by molar-refractivity contribution is -0.141. The second kappa shape index (κ2) is 7.20. The van der Waals surface area contributed by atoms with Crippen LogP contribution >= 0.6 is 15.9 Å². The summed E-state index contributed by atoms with van der Waals surface area (Å²) in [6.45, 7) is 1.24. The quantitative estimate of drug-likeness (QED) is 0.388. The summed E-state index contributed by atoms with van der Waals surface area (Å²) in [5.41, 5.74) is -1.78. The van der Waals surface area contributed by atoms with Gasteiger partial charge in [0, 0.05) is 15.6 Å². The van der Waals surface area contributed by atoms with Crippen LogP contribution in [0.1, 0.15) is 16.8 Å². The largest absolute Gasteiger partial charge is 0.433 e. The Morgan fingerprint density at radius 1 is 0.786 bits per heavy atom. The SMILES string of the molecule is Cc1cc(-c2cc(C(F)(F)F)nc(-c3cccc(Br)c3)n2)ccc1C(F)(F)F. The summed E-state index contributed by atoms with van der Waals surface area (Å²) in [6.07, 6.45) is -9.29. The Balaban J connectivity index is 2.18. The van der Waals surface area contributed by atoms with Crippen LogP contribution in [0.4, 0.5) is 26.3 Å². The molecule has 2 aromatic carbocycles. The van der Waals surface area contributed by atoms with Crippen molar-refractivity contribution in [2.24, 2.45) is 0 Å². The van der Waals surface area contributed by atoms with Crippen LogP contribution in [0.25, 0.3) is 22.6 Å². The van der Waals surface area contributed by atoms with Gasteiger partial charge in [-0.1, -0.05) is 34.1 Å². The number of hydrogen-bond acceptors (Lipinski definition) is 2. The van der Waals surface area contributed by atoms with E-state index < -0.39 is 23.6 Å². The van der Waals surface area contributed by atoms with Crippen LogP contribution in [0, 0.1) is 6.92 Å². The van der Waals surface area contributed by atoms with Crippen molar-refractivity contribution in [3.05, 3.63) is 69.8 Å².